The van der Waals surface area contributed by atoms with E-state index in [2.05, 4.69) is 10.3 Å². The van der Waals surface area contributed by atoms with Crippen molar-refractivity contribution in [3.8, 4) is 5.75 Å². The highest BCUT2D eigenvalue weighted by atomic mass is 32.2. The molecule has 5 heteroatoms. The molecule has 4 nitrogen and oxygen atoms in total. The fraction of sp³-hybridized carbons (Fsp3) is 0.0909. The molecule has 1 aliphatic rings. The van der Waals surface area contributed by atoms with Crippen LogP contribution < -0.4 is 5.32 Å². The normalized spacial score (nSPS) is 17.4. The number of aromatic hydroxyl groups is 1. The average molecular weight is 234 g/mol. The van der Waals surface area contributed by atoms with Gasteiger partial charge < -0.3 is 5.11 Å². The van der Waals surface area contributed by atoms with E-state index in [1.54, 1.807) is 30.3 Å². The van der Waals surface area contributed by atoms with Crippen LogP contribution in [-0.2, 0) is 4.79 Å². The number of carbonyl (C=O) groups is 1. The Bertz CT molecular complexity index is 495. The number of rotatable bonds is 1. The Hall–Kier alpha value is -1.75. The molecule has 1 heterocycles. The van der Waals surface area contributed by atoms with Crippen molar-refractivity contribution in [2.45, 2.75) is 0 Å². The van der Waals surface area contributed by atoms with E-state index >= 15 is 0 Å². The number of thioether (sulfide) groups is 1. The van der Waals surface area contributed by atoms with Crippen molar-refractivity contribution in [3.63, 3.8) is 0 Å². The van der Waals surface area contributed by atoms with Crippen LogP contribution in [-0.4, -0.2) is 22.4 Å². The van der Waals surface area contributed by atoms with Crippen LogP contribution in [0.25, 0.3) is 6.08 Å². The molecule has 0 saturated heterocycles. The third kappa shape index (κ3) is 2.25. The lowest BCUT2D eigenvalue weighted by Gasteiger charge is -1.95. The number of amides is 1. The minimum absolute atomic E-state index is 0.168. The molecule has 0 radical (unpaired) electrons. The van der Waals surface area contributed by atoms with Crippen molar-refractivity contribution < 1.29 is 9.90 Å². The van der Waals surface area contributed by atoms with Gasteiger partial charge in [-0.1, -0.05) is 23.9 Å². The van der Waals surface area contributed by atoms with E-state index in [0.717, 1.165) is 5.56 Å². The molecule has 0 bridgehead atoms. The second-order valence-corrected chi connectivity index (χ2v) is 3.99. The number of nitrogens with zero attached hydrogens (tertiary/aromatic N) is 1. The molecule has 1 aromatic carbocycles. The Morgan fingerprint density at radius 2 is 2.31 bits per heavy atom. The molecule has 1 aliphatic heterocycles. The Morgan fingerprint density at radius 1 is 1.50 bits per heavy atom. The molecule has 1 aromatic rings. The zero-order chi connectivity index (χ0) is 11.5. The first-order valence-corrected chi connectivity index (χ1v) is 5.86. The Morgan fingerprint density at radius 3 is 2.94 bits per heavy atom. The number of amidine groups is 1. The summed E-state index contributed by atoms with van der Waals surface area (Å²) < 4.78 is 0. The van der Waals surface area contributed by atoms with Gasteiger partial charge in [-0.3, -0.25) is 10.1 Å². The quantitative estimate of drug-likeness (QED) is 0.725. The van der Waals surface area contributed by atoms with Gasteiger partial charge >= 0.3 is 0 Å². The highest BCUT2D eigenvalue weighted by Crippen LogP contribution is 2.17. The third-order valence-electron chi connectivity index (χ3n) is 2.04. The smallest absolute Gasteiger partial charge is 0.275 e. The number of phenolic OH excluding ortho intramolecular Hbond substituents is 1. The number of nitrogens with one attached hydrogen (secondary N) is 1. The van der Waals surface area contributed by atoms with Crippen LogP contribution in [0, 0.1) is 0 Å². The molecule has 2 rings (SSSR count). The summed E-state index contributed by atoms with van der Waals surface area (Å²) in [7, 11) is 0. The summed E-state index contributed by atoms with van der Waals surface area (Å²) in [6, 6.07) is 6.67. The van der Waals surface area contributed by atoms with Gasteiger partial charge in [0, 0.05) is 0 Å². The molecule has 0 saturated carbocycles. The summed E-state index contributed by atoms with van der Waals surface area (Å²) >= 11 is 1.38. The summed E-state index contributed by atoms with van der Waals surface area (Å²) in [5, 5.41) is 12.5. The first-order chi connectivity index (χ1) is 7.69. The molecule has 0 aliphatic carbocycles. The molecule has 16 heavy (non-hydrogen) atoms. The molecule has 1 amide bonds. The Balaban J connectivity index is 2.31. The van der Waals surface area contributed by atoms with Crippen molar-refractivity contribution in [2.75, 3.05) is 6.26 Å². The highest BCUT2D eigenvalue weighted by Gasteiger charge is 2.18. The average Bonchev–Trinajstić information content (AvgIpc) is 2.60. The Labute approximate surface area is 97.1 Å². The van der Waals surface area contributed by atoms with E-state index in [9.17, 15) is 9.90 Å². The lowest BCUT2D eigenvalue weighted by atomic mass is 10.2. The van der Waals surface area contributed by atoms with Crippen LogP contribution in [0.1, 0.15) is 5.56 Å². The monoisotopic (exact) mass is 234 g/mol. The number of aliphatic imine (C=N–C) groups is 1. The van der Waals surface area contributed by atoms with Gasteiger partial charge in [0.1, 0.15) is 11.4 Å². The molecule has 82 valence electrons. The van der Waals surface area contributed by atoms with Gasteiger partial charge in [-0.15, -0.1) is 0 Å². The van der Waals surface area contributed by atoms with Gasteiger partial charge in [0.2, 0.25) is 0 Å². The van der Waals surface area contributed by atoms with Gasteiger partial charge in [0.15, 0.2) is 5.17 Å². The van der Waals surface area contributed by atoms with Crippen molar-refractivity contribution in [3.05, 3.63) is 35.5 Å². The molecule has 0 fully saturated rings. The molecular weight excluding hydrogens is 224 g/mol. The van der Waals surface area contributed by atoms with Crippen LogP contribution in [0.5, 0.6) is 5.75 Å². The summed E-state index contributed by atoms with van der Waals surface area (Å²) in [6.45, 7) is 0. The van der Waals surface area contributed by atoms with Crippen LogP contribution in [0.4, 0.5) is 0 Å². The number of phenols is 1. The van der Waals surface area contributed by atoms with E-state index in [4.69, 9.17) is 0 Å². The zero-order valence-electron chi connectivity index (χ0n) is 8.60. The van der Waals surface area contributed by atoms with E-state index in [1.807, 2.05) is 6.26 Å². The fourth-order valence-electron chi connectivity index (χ4n) is 1.32. The first-order valence-electron chi connectivity index (χ1n) is 4.64. The third-order valence-corrected chi connectivity index (χ3v) is 2.62. The van der Waals surface area contributed by atoms with E-state index < -0.39 is 0 Å². The van der Waals surface area contributed by atoms with Crippen molar-refractivity contribution >= 4 is 28.9 Å². The molecular formula is C11H10N2O2S. The van der Waals surface area contributed by atoms with E-state index in [1.165, 1.54) is 11.8 Å². The van der Waals surface area contributed by atoms with Crippen molar-refractivity contribution in [1.29, 1.82) is 0 Å². The number of hydrogen-bond donors (Lipinski definition) is 2. The number of hydrogen-bond acceptors (Lipinski definition) is 4. The number of carbonyl (C=O) groups excluding carboxylic acids is 1. The van der Waals surface area contributed by atoms with Crippen LogP contribution >= 0.6 is 11.8 Å². The first kappa shape index (κ1) is 10.8. The largest absolute Gasteiger partial charge is 0.508 e. The predicted octanol–water partition coefficient (Wildman–Crippen LogP) is 1.58. The lowest BCUT2D eigenvalue weighted by molar-refractivity contribution is -0.115. The standard InChI is InChI=1S/C11H10N2O2S/c1-16-11-12-9(10(15)13-11)6-7-3-2-4-8(14)5-7/h2-6,14H,1H3,(H,12,13,15)/b9-6-. The second kappa shape index (κ2) is 4.40. The predicted molar refractivity (Wildman–Crippen MR) is 65.2 cm³/mol. The SMILES string of the molecule is CSC1=N/C(=C\c2cccc(O)c2)C(=O)N1. The summed E-state index contributed by atoms with van der Waals surface area (Å²) in [5.74, 6) is -0.0467. The summed E-state index contributed by atoms with van der Waals surface area (Å²) in [4.78, 5) is 15.6. The van der Waals surface area contributed by atoms with Crippen LogP contribution in [0.2, 0.25) is 0 Å². The minimum Gasteiger partial charge on any atom is -0.508 e. The second-order valence-electron chi connectivity index (χ2n) is 3.20. The molecule has 2 N–H and O–H groups in total. The van der Waals surface area contributed by atoms with Gasteiger partial charge in [-0.05, 0) is 30.0 Å². The van der Waals surface area contributed by atoms with Gasteiger partial charge in [0.25, 0.3) is 5.91 Å². The van der Waals surface area contributed by atoms with Gasteiger partial charge in [-0.25, -0.2) is 4.99 Å². The summed E-state index contributed by atoms with van der Waals surface area (Å²) in [6.07, 6.45) is 3.48. The minimum atomic E-state index is -0.215. The van der Waals surface area contributed by atoms with Crippen LogP contribution in [0.15, 0.2) is 35.0 Å². The topological polar surface area (TPSA) is 61.7 Å². The molecule has 0 spiro atoms. The maximum absolute atomic E-state index is 11.5. The maximum Gasteiger partial charge on any atom is 0.275 e. The maximum atomic E-state index is 11.5. The van der Waals surface area contributed by atoms with E-state index in [0.29, 0.717) is 10.9 Å². The van der Waals surface area contributed by atoms with Crippen LogP contribution in [0.3, 0.4) is 0 Å². The van der Waals surface area contributed by atoms with Gasteiger partial charge in [0.05, 0.1) is 0 Å². The molecule has 0 aromatic heterocycles. The van der Waals surface area contributed by atoms with E-state index in [-0.39, 0.29) is 11.7 Å². The highest BCUT2D eigenvalue weighted by molar-refractivity contribution is 8.13. The van der Waals surface area contributed by atoms with Gasteiger partial charge in [-0.2, -0.15) is 0 Å². The fourth-order valence-corrected chi connectivity index (χ4v) is 1.70. The summed E-state index contributed by atoms with van der Waals surface area (Å²) in [5.41, 5.74) is 1.10. The Kier molecular flexibility index (Phi) is 2.96. The molecule has 0 unspecified atom stereocenters. The zero-order valence-corrected chi connectivity index (χ0v) is 9.41. The van der Waals surface area contributed by atoms with Crippen molar-refractivity contribution in [1.82, 2.24) is 5.32 Å². The number of benzene rings is 1. The molecule has 0 atom stereocenters. The van der Waals surface area contributed by atoms with Crippen molar-refractivity contribution in [2.24, 2.45) is 4.99 Å². The lowest BCUT2D eigenvalue weighted by Crippen LogP contribution is -2.21.